The molecule has 3 aromatic rings. The van der Waals surface area contributed by atoms with Crippen molar-refractivity contribution in [3.05, 3.63) is 70.8 Å². The molecule has 3 atom stereocenters. The van der Waals surface area contributed by atoms with Crippen LogP contribution >= 0.6 is 0 Å². The second-order valence-electron chi connectivity index (χ2n) is 9.81. The van der Waals surface area contributed by atoms with Gasteiger partial charge in [-0.1, -0.05) is 24.3 Å². The molecule has 12 heteroatoms. The monoisotopic (exact) mass is 531 g/mol. The van der Waals surface area contributed by atoms with E-state index in [2.05, 4.69) is 11.2 Å². The number of nitrogen functional groups attached to an aromatic ring is 1. The molecule has 2 aromatic heterocycles. The van der Waals surface area contributed by atoms with Crippen LogP contribution in [-0.2, 0) is 6.61 Å². The first-order chi connectivity index (χ1) is 18.8. The maximum absolute atomic E-state index is 13.3. The highest BCUT2D eigenvalue weighted by Crippen LogP contribution is 2.38. The van der Waals surface area contributed by atoms with E-state index in [0.717, 1.165) is 10.2 Å². The minimum atomic E-state index is -0.518. The van der Waals surface area contributed by atoms with E-state index in [-0.39, 0.29) is 47.4 Å². The van der Waals surface area contributed by atoms with E-state index in [1.165, 1.54) is 18.6 Å². The number of carbonyl (C=O) groups excluding carboxylic acids is 2. The molecule has 4 heterocycles. The lowest BCUT2D eigenvalue weighted by molar-refractivity contribution is 0.0926. The minimum Gasteiger partial charge on any atom is -0.472 e. The lowest BCUT2D eigenvalue weighted by atomic mass is 9.95. The van der Waals surface area contributed by atoms with Crippen molar-refractivity contribution in [1.29, 1.82) is 10.7 Å². The quantitative estimate of drug-likeness (QED) is 0.321. The van der Waals surface area contributed by atoms with E-state index in [1.54, 1.807) is 34.1 Å². The molecule has 0 radical (unpaired) electrons. The fourth-order valence-electron chi connectivity index (χ4n) is 5.17. The average Bonchev–Trinajstić information content (AvgIpc) is 3.73. The van der Waals surface area contributed by atoms with Crippen molar-refractivity contribution < 1.29 is 23.8 Å². The van der Waals surface area contributed by atoms with Gasteiger partial charge in [0.25, 0.3) is 5.91 Å². The highest BCUT2D eigenvalue weighted by atomic mass is 16.5. The van der Waals surface area contributed by atoms with Crippen LogP contribution in [0.1, 0.15) is 58.4 Å². The van der Waals surface area contributed by atoms with Gasteiger partial charge in [-0.3, -0.25) is 10.2 Å². The number of benzene rings is 1. The summed E-state index contributed by atoms with van der Waals surface area (Å²) in [5.41, 5.74) is 7.61. The van der Waals surface area contributed by atoms with E-state index < -0.39 is 12.0 Å². The Kier molecular flexibility index (Phi) is 7.08. The second kappa shape index (κ2) is 10.6. The molecule has 202 valence electrons. The van der Waals surface area contributed by atoms with Gasteiger partial charge in [-0.25, -0.2) is 4.79 Å². The number of urea groups is 1. The molecule has 12 nitrogen and oxygen atoms in total. The second-order valence-corrected chi connectivity index (χ2v) is 9.81. The Bertz CT molecular complexity index is 1420. The Labute approximate surface area is 224 Å². The van der Waals surface area contributed by atoms with Crippen molar-refractivity contribution in [3.63, 3.8) is 0 Å². The molecule has 5 rings (SSSR count). The number of nitrogens with two attached hydrogens (primary N) is 1. The van der Waals surface area contributed by atoms with Gasteiger partial charge in [-0.2, -0.15) is 15.0 Å². The summed E-state index contributed by atoms with van der Waals surface area (Å²) in [6.45, 7) is 3.20. The Morgan fingerprint density at radius 3 is 2.62 bits per heavy atom. The third-order valence-electron chi connectivity index (χ3n) is 7.37. The van der Waals surface area contributed by atoms with Crippen molar-refractivity contribution in [2.75, 3.05) is 19.6 Å². The Hall–Kier alpha value is -4.63. The van der Waals surface area contributed by atoms with Crippen molar-refractivity contribution >= 4 is 17.8 Å². The summed E-state index contributed by atoms with van der Waals surface area (Å²) in [7, 11) is 0. The zero-order valence-electron chi connectivity index (χ0n) is 21.4. The minimum absolute atomic E-state index is 0.00832. The number of β-amino-alcohol motifs (C(OH)–C–C–N with tert-alkyl or cyclic N) is 1. The number of ether oxygens (including phenoxy) is 1. The molecule has 2 aliphatic rings. The van der Waals surface area contributed by atoms with Crippen LogP contribution < -0.4 is 10.5 Å². The molecule has 2 saturated heterocycles. The SMILES string of the molecule is CC1C(c2nn(C(=O)c3ccoc3)c(OCc3ccc(C(=N)N)cc3)c2C#N)CCN1C(=O)N1CCC(O)C1. The molecule has 2 aliphatic heterocycles. The van der Waals surface area contributed by atoms with Crippen LogP contribution in [0, 0.1) is 16.7 Å². The van der Waals surface area contributed by atoms with Gasteiger partial charge < -0.3 is 29.8 Å². The van der Waals surface area contributed by atoms with Gasteiger partial charge in [0, 0.05) is 37.2 Å². The summed E-state index contributed by atoms with van der Waals surface area (Å²) in [4.78, 5) is 29.8. The summed E-state index contributed by atoms with van der Waals surface area (Å²) < 4.78 is 12.2. The van der Waals surface area contributed by atoms with Crippen LogP contribution in [0.25, 0.3) is 0 Å². The molecule has 3 unspecified atom stereocenters. The number of aliphatic hydroxyl groups excluding tert-OH is 1. The number of hydrogen-bond donors (Lipinski definition) is 3. The Morgan fingerprint density at radius 2 is 2.00 bits per heavy atom. The number of aliphatic hydroxyl groups is 1. The molecule has 0 saturated carbocycles. The molecule has 4 N–H and O–H groups in total. The molecule has 1 aromatic carbocycles. The van der Waals surface area contributed by atoms with Crippen molar-refractivity contribution in [3.8, 4) is 11.9 Å². The van der Waals surface area contributed by atoms with Crippen LogP contribution in [0.4, 0.5) is 4.79 Å². The zero-order valence-corrected chi connectivity index (χ0v) is 21.4. The molecule has 0 bridgehead atoms. The molecular weight excluding hydrogens is 502 g/mol. The van der Waals surface area contributed by atoms with Crippen molar-refractivity contribution in [2.24, 2.45) is 5.73 Å². The lowest BCUT2D eigenvalue weighted by Crippen LogP contribution is -2.44. The van der Waals surface area contributed by atoms with E-state index in [0.29, 0.717) is 43.7 Å². The molecular formula is C27H29N7O5. The van der Waals surface area contributed by atoms with E-state index in [9.17, 15) is 20.0 Å². The van der Waals surface area contributed by atoms with E-state index in [4.69, 9.17) is 20.3 Å². The third kappa shape index (κ3) is 4.96. The first-order valence-corrected chi connectivity index (χ1v) is 12.7. The first kappa shape index (κ1) is 26.0. The number of nitrogens with zero attached hydrogens (tertiary/aromatic N) is 5. The van der Waals surface area contributed by atoms with Gasteiger partial charge in [-0.15, -0.1) is 0 Å². The lowest BCUT2D eigenvalue weighted by Gasteiger charge is -2.29. The number of amides is 2. The number of rotatable bonds is 6. The number of nitrogens with one attached hydrogen (secondary N) is 1. The highest BCUT2D eigenvalue weighted by molar-refractivity contribution is 5.96. The van der Waals surface area contributed by atoms with Gasteiger partial charge in [0.05, 0.1) is 23.6 Å². The Morgan fingerprint density at radius 1 is 1.23 bits per heavy atom. The fraction of sp³-hybridized carbons (Fsp3) is 0.370. The first-order valence-electron chi connectivity index (χ1n) is 12.7. The molecule has 2 fully saturated rings. The summed E-state index contributed by atoms with van der Waals surface area (Å²) in [5.74, 6) is -0.861. The van der Waals surface area contributed by atoms with Crippen molar-refractivity contribution in [1.82, 2.24) is 19.6 Å². The van der Waals surface area contributed by atoms with Crippen LogP contribution in [0.3, 0.4) is 0 Å². The van der Waals surface area contributed by atoms with Gasteiger partial charge in [0.1, 0.15) is 30.3 Å². The van der Waals surface area contributed by atoms with Crippen LogP contribution in [0.5, 0.6) is 5.88 Å². The molecule has 0 aliphatic carbocycles. The van der Waals surface area contributed by atoms with Gasteiger partial charge >= 0.3 is 6.03 Å². The van der Waals surface area contributed by atoms with E-state index >= 15 is 0 Å². The number of carbonyl (C=O) groups is 2. The Balaban J connectivity index is 1.45. The smallest absolute Gasteiger partial charge is 0.320 e. The maximum atomic E-state index is 13.3. The summed E-state index contributed by atoms with van der Waals surface area (Å²) in [6, 6.07) is 10.1. The van der Waals surface area contributed by atoms with Crippen LogP contribution in [-0.4, -0.2) is 74.2 Å². The summed E-state index contributed by atoms with van der Waals surface area (Å²) in [5, 5.41) is 32.2. The average molecular weight is 532 g/mol. The largest absolute Gasteiger partial charge is 0.472 e. The van der Waals surface area contributed by atoms with Gasteiger partial charge in [-0.05, 0) is 31.4 Å². The zero-order chi connectivity index (χ0) is 27.7. The molecule has 2 amide bonds. The summed E-state index contributed by atoms with van der Waals surface area (Å²) in [6.07, 6.45) is 3.26. The molecule has 0 spiro atoms. The van der Waals surface area contributed by atoms with Gasteiger partial charge in [0.2, 0.25) is 5.88 Å². The number of nitriles is 1. The predicted molar refractivity (Wildman–Crippen MR) is 138 cm³/mol. The van der Waals surface area contributed by atoms with E-state index in [1.807, 2.05) is 6.92 Å². The van der Waals surface area contributed by atoms with Gasteiger partial charge in [0.15, 0.2) is 0 Å². The number of amidine groups is 1. The number of hydrogen-bond acceptors (Lipinski definition) is 8. The fourth-order valence-corrected chi connectivity index (χ4v) is 5.17. The topological polar surface area (TPSA) is 175 Å². The molecule has 39 heavy (non-hydrogen) atoms. The number of furan rings is 1. The highest BCUT2D eigenvalue weighted by Gasteiger charge is 2.42. The third-order valence-corrected chi connectivity index (χ3v) is 7.37. The van der Waals surface area contributed by atoms with Crippen LogP contribution in [0.2, 0.25) is 0 Å². The van der Waals surface area contributed by atoms with Crippen LogP contribution in [0.15, 0.2) is 47.3 Å². The summed E-state index contributed by atoms with van der Waals surface area (Å²) >= 11 is 0. The number of likely N-dealkylation sites (tertiary alicyclic amines) is 2. The number of aromatic nitrogens is 2. The predicted octanol–water partition coefficient (Wildman–Crippen LogP) is 2.26. The normalized spacial score (nSPS) is 20.7. The van der Waals surface area contributed by atoms with Crippen molar-refractivity contribution in [2.45, 2.75) is 44.4 Å². The standard InChI is InChI=1S/C27H29N7O5/c1-16-21(7-10-33(16)27(37)32-9-6-20(35)13-32)23-22(12-28)26(34(31-23)25(36)19-8-11-38-15-19)39-14-17-2-4-18(5-3-17)24(29)30/h2-5,8,11,15-16,20-21,35H,6-7,9-10,13-14H2,1H3,(H3,29,30). The maximum Gasteiger partial charge on any atom is 0.320 e.